The van der Waals surface area contributed by atoms with Crippen LogP contribution in [0.25, 0.3) is 0 Å². The fourth-order valence-corrected chi connectivity index (χ4v) is 4.75. The molecule has 0 amide bonds. The highest BCUT2D eigenvalue weighted by Gasteiger charge is 2.32. The normalized spacial score (nSPS) is 17.9. The van der Waals surface area contributed by atoms with Crippen molar-refractivity contribution in [1.82, 2.24) is 19.8 Å². The number of hydrogen-bond acceptors (Lipinski definition) is 4. The Kier molecular flexibility index (Phi) is 10.5. The minimum atomic E-state index is -4.13. The maximum absolute atomic E-state index is 12.4. The highest BCUT2D eigenvalue weighted by atomic mass is 32.2. The third-order valence-corrected chi connectivity index (χ3v) is 6.95. The molecule has 1 aliphatic rings. The van der Waals surface area contributed by atoms with Crippen LogP contribution in [0.2, 0.25) is 0 Å². The number of likely N-dealkylation sites (tertiary alicyclic amines) is 1. The van der Waals surface area contributed by atoms with Gasteiger partial charge in [-0.3, -0.25) is 9.89 Å². The summed E-state index contributed by atoms with van der Waals surface area (Å²) >= 11 is 0. The topological polar surface area (TPSA) is 77.0 Å². The largest absolute Gasteiger partial charge is 0.401 e. The van der Waals surface area contributed by atoms with Crippen LogP contribution in [0.5, 0.6) is 0 Å². The summed E-state index contributed by atoms with van der Waals surface area (Å²) in [6.45, 7) is 5.54. The van der Waals surface area contributed by atoms with Gasteiger partial charge < -0.3 is 10.6 Å². The zero-order valence-electron chi connectivity index (χ0n) is 17.1. The van der Waals surface area contributed by atoms with Gasteiger partial charge in [0.05, 0.1) is 12.3 Å². The summed E-state index contributed by atoms with van der Waals surface area (Å²) in [5.41, 5.74) is 0. The molecule has 0 unspecified atom stereocenters. The Bertz CT molecular complexity index is 572. The van der Waals surface area contributed by atoms with E-state index < -0.39 is 22.7 Å². The van der Waals surface area contributed by atoms with E-state index in [9.17, 15) is 21.6 Å². The minimum absolute atomic E-state index is 0.00690. The molecule has 1 fully saturated rings. The molecule has 11 heteroatoms. The van der Waals surface area contributed by atoms with Crippen molar-refractivity contribution in [2.24, 2.45) is 10.9 Å². The van der Waals surface area contributed by atoms with Crippen molar-refractivity contribution in [2.75, 3.05) is 58.6 Å². The molecule has 0 atom stereocenters. The van der Waals surface area contributed by atoms with Crippen molar-refractivity contribution in [2.45, 2.75) is 39.3 Å². The Morgan fingerprint density at radius 3 is 2.21 bits per heavy atom. The second-order valence-corrected chi connectivity index (χ2v) is 9.04. The van der Waals surface area contributed by atoms with Gasteiger partial charge in [0.15, 0.2) is 5.96 Å². The van der Waals surface area contributed by atoms with Gasteiger partial charge in [0.2, 0.25) is 10.0 Å². The number of aliphatic imine (C=N–C) groups is 1. The van der Waals surface area contributed by atoms with Gasteiger partial charge in [-0.25, -0.2) is 12.7 Å². The second-order valence-electron chi connectivity index (χ2n) is 6.95. The quantitative estimate of drug-likeness (QED) is 0.406. The Morgan fingerprint density at radius 2 is 1.71 bits per heavy atom. The number of hydrogen-bond donors (Lipinski definition) is 2. The van der Waals surface area contributed by atoms with Gasteiger partial charge >= 0.3 is 6.18 Å². The molecule has 0 aromatic heterocycles. The molecule has 0 aliphatic carbocycles. The molecule has 166 valence electrons. The first-order valence-electron chi connectivity index (χ1n) is 9.82. The average Bonchev–Trinajstić information content (AvgIpc) is 2.61. The number of sulfonamides is 1. The average molecular weight is 430 g/mol. The maximum atomic E-state index is 12.4. The molecule has 0 saturated carbocycles. The van der Waals surface area contributed by atoms with Crippen LogP contribution >= 0.6 is 0 Å². The van der Waals surface area contributed by atoms with E-state index in [1.165, 1.54) is 9.21 Å². The predicted molar refractivity (Wildman–Crippen MR) is 106 cm³/mol. The van der Waals surface area contributed by atoms with Crippen LogP contribution in [0.15, 0.2) is 4.99 Å². The van der Waals surface area contributed by atoms with E-state index in [4.69, 9.17) is 0 Å². The van der Waals surface area contributed by atoms with Crippen molar-refractivity contribution in [3.63, 3.8) is 0 Å². The van der Waals surface area contributed by atoms with Gasteiger partial charge in [0, 0.05) is 33.2 Å². The van der Waals surface area contributed by atoms with Gasteiger partial charge in [-0.1, -0.05) is 13.8 Å². The summed E-state index contributed by atoms with van der Waals surface area (Å²) in [4.78, 5) is 5.54. The molecular weight excluding hydrogens is 395 g/mol. The Labute approximate surface area is 166 Å². The number of nitrogens with zero attached hydrogens (tertiary/aromatic N) is 3. The Balaban J connectivity index is 2.25. The standard InChI is InChI=1S/C17H34F3N5O2S/c1-4-25(5-2)28(26,27)13-10-23-16(21-3)22-9-6-15-7-11-24(12-8-15)14-17(18,19)20/h15H,4-14H2,1-3H3,(H2,21,22,23). The summed E-state index contributed by atoms with van der Waals surface area (Å²) in [5.74, 6) is 0.912. The highest BCUT2D eigenvalue weighted by molar-refractivity contribution is 7.89. The Hall–Kier alpha value is -1.07. The highest BCUT2D eigenvalue weighted by Crippen LogP contribution is 2.23. The van der Waals surface area contributed by atoms with E-state index >= 15 is 0 Å². The lowest BCUT2D eigenvalue weighted by atomic mass is 9.93. The fourth-order valence-electron chi connectivity index (χ4n) is 3.35. The van der Waals surface area contributed by atoms with Crippen LogP contribution in [0.3, 0.4) is 0 Å². The van der Waals surface area contributed by atoms with E-state index in [0.717, 1.165) is 19.3 Å². The first kappa shape index (κ1) is 25.0. The molecule has 1 rings (SSSR count). The van der Waals surface area contributed by atoms with Crippen LogP contribution in [-0.2, 0) is 10.0 Å². The minimum Gasteiger partial charge on any atom is -0.356 e. The molecule has 1 aliphatic heterocycles. The van der Waals surface area contributed by atoms with Gasteiger partial charge in [-0.2, -0.15) is 13.2 Å². The van der Waals surface area contributed by atoms with E-state index in [2.05, 4.69) is 15.6 Å². The van der Waals surface area contributed by atoms with Crippen molar-refractivity contribution in [3.8, 4) is 0 Å². The molecule has 1 saturated heterocycles. The summed E-state index contributed by atoms with van der Waals surface area (Å²) in [6, 6.07) is 0. The monoisotopic (exact) mass is 429 g/mol. The van der Waals surface area contributed by atoms with Crippen LogP contribution in [0, 0.1) is 5.92 Å². The summed E-state index contributed by atoms with van der Waals surface area (Å²) < 4.78 is 63.0. The first-order chi connectivity index (χ1) is 13.1. The van der Waals surface area contributed by atoms with Crippen LogP contribution in [0.1, 0.15) is 33.1 Å². The molecule has 0 aromatic carbocycles. The third kappa shape index (κ3) is 9.42. The molecule has 2 N–H and O–H groups in total. The number of rotatable bonds is 10. The van der Waals surface area contributed by atoms with Crippen LogP contribution in [0.4, 0.5) is 13.2 Å². The van der Waals surface area contributed by atoms with Crippen LogP contribution < -0.4 is 10.6 Å². The third-order valence-electron chi connectivity index (χ3n) is 4.93. The maximum Gasteiger partial charge on any atom is 0.401 e. The van der Waals surface area contributed by atoms with E-state index in [0.29, 0.717) is 44.6 Å². The van der Waals surface area contributed by atoms with Crippen molar-refractivity contribution in [3.05, 3.63) is 0 Å². The predicted octanol–water partition coefficient (Wildman–Crippen LogP) is 1.49. The lowest BCUT2D eigenvalue weighted by Gasteiger charge is -2.32. The molecule has 0 aromatic rings. The number of halogens is 3. The lowest BCUT2D eigenvalue weighted by molar-refractivity contribution is -0.148. The number of piperidine rings is 1. The smallest absolute Gasteiger partial charge is 0.356 e. The second kappa shape index (κ2) is 11.8. The van der Waals surface area contributed by atoms with Gasteiger partial charge in [0.25, 0.3) is 0 Å². The molecule has 7 nitrogen and oxygen atoms in total. The summed E-state index contributed by atoms with van der Waals surface area (Å²) in [5, 5.41) is 6.15. The zero-order chi connectivity index (χ0) is 21.2. The Morgan fingerprint density at radius 1 is 1.14 bits per heavy atom. The fraction of sp³-hybridized carbons (Fsp3) is 0.941. The molecule has 0 radical (unpaired) electrons. The van der Waals surface area contributed by atoms with E-state index in [-0.39, 0.29) is 12.3 Å². The number of guanidine groups is 1. The van der Waals surface area contributed by atoms with E-state index in [1.54, 1.807) is 7.05 Å². The number of nitrogens with one attached hydrogen (secondary N) is 2. The van der Waals surface area contributed by atoms with Crippen molar-refractivity contribution in [1.29, 1.82) is 0 Å². The molecule has 1 heterocycles. The molecular formula is C17H34F3N5O2S. The molecule has 0 spiro atoms. The summed E-state index contributed by atoms with van der Waals surface area (Å²) in [7, 11) is -1.66. The van der Waals surface area contributed by atoms with Gasteiger partial charge in [-0.05, 0) is 38.3 Å². The van der Waals surface area contributed by atoms with Crippen molar-refractivity contribution < 1.29 is 21.6 Å². The van der Waals surface area contributed by atoms with Gasteiger partial charge in [-0.15, -0.1) is 0 Å². The van der Waals surface area contributed by atoms with Crippen LogP contribution in [-0.4, -0.2) is 88.4 Å². The molecule has 0 bridgehead atoms. The summed E-state index contributed by atoms with van der Waals surface area (Å²) in [6.07, 6.45) is -1.78. The zero-order valence-corrected chi connectivity index (χ0v) is 17.9. The SMILES string of the molecule is CCN(CC)S(=O)(=O)CCNC(=NC)NCCC1CCN(CC(F)(F)F)CC1. The lowest BCUT2D eigenvalue weighted by Crippen LogP contribution is -2.43. The van der Waals surface area contributed by atoms with E-state index in [1.807, 2.05) is 13.8 Å². The van der Waals surface area contributed by atoms with Crippen molar-refractivity contribution >= 4 is 16.0 Å². The first-order valence-corrected chi connectivity index (χ1v) is 11.4. The molecule has 28 heavy (non-hydrogen) atoms. The number of alkyl halides is 3. The van der Waals surface area contributed by atoms with Gasteiger partial charge in [0.1, 0.15) is 0 Å².